The molecule has 0 saturated heterocycles. The summed E-state index contributed by atoms with van der Waals surface area (Å²) in [4.78, 5) is 37.6. The van der Waals surface area contributed by atoms with Gasteiger partial charge in [0.05, 0.1) is 0 Å². The molecule has 0 aliphatic carbocycles. The van der Waals surface area contributed by atoms with Gasteiger partial charge in [-0.2, -0.15) is 0 Å². The van der Waals surface area contributed by atoms with Crippen LogP contribution in [0.3, 0.4) is 0 Å². The highest BCUT2D eigenvalue weighted by molar-refractivity contribution is 7.12. The zero-order chi connectivity index (χ0) is 19.1. The van der Waals surface area contributed by atoms with Gasteiger partial charge in [0.25, 0.3) is 5.91 Å². The minimum Gasteiger partial charge on any atom is -0.484 e. The Hall–Kier alpha value is -2.67. The third kappa shape index (κ3) is 5.70. The van der Waals surface area contributed by atoms with E-state index in [0.29, 0.717) is 17.0 Å². The molecule has 0 spiro atoms. The van der Waals surface area contributed by atoms with Crippen LogP contribution in [0.15, 0.2) is 30.3 Å². The van der Waals surface area contributed by atoms with Crippen LogP contribution in [-0.2, 0) is 9.59 Å². The molecule has 2 rings (SSSR count). The Balaban J connectivity index is 1.86. The summed E-state index contributed by atoms with van der Waals surface area (Å²) < 4.78 is 5.34. The first-order valence-electron chi connectivity index (χ1n) is 8.22. The number of hydrogen-bond acceptors (Lipinski definition) is 5. The van der Waals surface area contributed by atoms with E-state index in [1.807, 2.05) is 19.9 Å². The summed E-state index contributed by atoms with van der Waals surface area (Å²) in [6.07, 6.45) is 0.270. The molecule has 7 heteroatoms. The number of thiophene rings is 1. The van der Waals surface area contributed by atoms with Gasteiger partial charge in [0.15, 0.2) is 12.4 Å². The lowest BCUT2D eigenvalue weighted by Crippen LogP contribution is -2.24. The number of Topliss-reactive ketones (excluding diaryl/α,β-unsaturated/α-hetero) is 1. The number of amides is 2. The van der Waals surface area contributed by atoms with Crippen molar-refractivity contribution in [1.82, 2.24) is 5.32 Å². The number of carbonyl (C=O) groups is 3. The van der Waals surface area contributed by atoms with E-state index in [1.165, 1.54) is 7.05 Å². The lowest BCUT2D eigenvalue weighted by atomic mass is 10.1. The predicted molar refractivity (Wildman–Crippen MR) is 102 cm³/mol. The van der Waals surface area contributed by atoms with Crippen molar-refractivity contribution in [1.29, 1.82) is 0 Å². The maximum Gasteiger partial charge on any atom is 0.257 e. The standard InChI is InChI=1S/C19H22N2O4S/c1-12-9-16(13(2)26-12)17(22)7-8-18(23)21-14-5-4-6-15(10-14)25-11-19(24)20-3/h4-6,9-10H,7-8,11H2,1-3H3,(H,20,24)(H,21,23). The molecule has 2 aromatic rings. The molecule has 0 bridgehead atoms. The summed E-state index contributed by atoms with van der Waals surface area (Å²) in [6.45, 7) is 3.78. The molecule has 138 valence electrons. The van der Waals surface area contributed by atoms with Crippen LogP contribution in [-0.4, -0.2) is 31.3 Å². The fourth-order valence-corrected chi connectivity index (χ4v) is 3.32. The van der Waals surface area contributed by atoms with Crippen molar-refractivity contribution in [2.45, 2.75) is 26.7 Å². The SMILES string of the molecule is CNC(=O)COc1cccc(NC(=O)CCC(=O)c2cc(C)sc2C)c1. The Labute approximate surface area is 156 Å². The summed E-state index contributed by atoms with van der Waals surface area (Å²) >= 11 is 1.58. The third-order valence-corrected chi connectivity index (χ3v) is 4.65. The number of ketones is 1. The molecule has 2 N–H and O–H groups in total. The molecule has 0 aliphatic rings. The summed E-state index contributed by atoms with van der Waals surface area (Å²) in [7, 11) is 1.53. The van der Waals surface area contributed by atoms with Crippen LogP contribution in [0.4, 0.5) is 5.69 Å². The van der Waals surface area contributed by atoms with Crippen molar-refractivity contribution in [2.24, 2.45) is 0 Å². The maximum absolute atomic E-state index is 12.2. The molecule has 1 aromatic heterocycles. The lowest BCUT2D eigenvalue weighted by Gasteiger charge is -2.08. The molecule has 0 fully saturated rings. The first-order valence-corrected chi connectivity index (χ1v) is 9.04. The van der Waals surface area contributed by atoms with Crippen LogP contribution < -0.4 is 15.4 Å². The molecule has 0 saturated carbocycles. The molecular weight excluding hydrogens is 352 g/mol. The maximum atomic E-state index is 12.2. The van der Waals surface area contributed by atoms with Crippen LogP contribution in [0.5, 0.6) is 5.75 Å². The van der Waals surface area contributed by atoms with Crippen LogP contribution in [0.2, 0.25) is 0 Å². The van der Waals surface area contributed by atoms with Gasteiger partial charge in [-0.3, -0.25) is 14.4 Å². The summed E-state index contributed by atoms with van der Waals surface area (Å²) in [5.41, 5.74) is 1.25. The van der Waals surface area contributed by atoms with Gasteiger partial charge in [-0.25, -0.2) is 0 Å². The molecule has 1 heterocycles. The second-order valence-corrected chi connectivity index (χ2v) is 7.25. The highest BCUT2D eigenvalue weighted by Gasteiger charge is 2.14. The molecule has 0 atom stereocenters. The minimum atomic E-state index is -0.244. The molecular formula is C19H22N2O4S. The van der Waals surface area contributed by atoms with Crippen molar-refractivity contribution in [3.63, 3.8) is 0 Å². The zero-order valence-electron chi connectivity index (χ0n) is 15.0. The monoisotopic (exact) mass is 374 g/mol. The molecule has 0 aliphatic heterocycles. The number of ether oxygens (including phenoxy) is 1. The Bertz CT molecular complexity index is 814. The topological polar surface area (TPSA) is 84.5 Å². The van der Waals surface area contributed by atoms with E-state index in [-0.39, 0.29) is 37.0 Å². The summed E-state index contributed by atoms with van der Waals surface area (Å²) in [5, 5.41) is 5.20. The van der Waals surface area contributed by atoms with Crippen LogP contribution in [0.25, 0.3) is 0 Å². The second-order valence-electron chi connectivity index (χ2n) is 5.79. The van der Waals surface area contributed by atoms with Gasteiger partial charge < -0.3 is 15.4 Å². The lowest BCUT2D eigenvalue weighted by molar-refractivity contribution is -0.122. The number of nitrogens with one attached hydrogen (secondary N) is 2. The number of likely N-dealkylation sites (N-methyl/N-ethyl adjacent to an activating group) is 1. The molecule has 6 nitrogen and oxygen atoms in total. The molecule has 26 heavy (non-hydrogen) atoms. The minimum absolute atomic E-state index is 0.0235. The van der Waals surface area contributed by atoms with Crippen molar-refractivity contribution in [3.05, 3.63) is 45.6 Å². The smallest absolute Gasteiger partial charge is 0.257 e. The van der Waals surface area contributed by atoms with Gasteiger partial charge in [0, 0.05) is 47.0 Å². The average molecular weight is 374 g/mol. The van der Waals surface area contributed by atoms with Crippen molar-refractivity contribution in [2.75, 3.05) is 19.0 Å². The molecule has 1 aromatic carbocycles. The Morgan fingerprint density at radius 3 is 2.50 bits per heavy atom. The van der Waals surface area contributed by atoms with E-state index in [4.69, 9.17) is 4.74 Å². The number of hydrogen-bond donors (Lipinski definition) is 2. The van der Waals surface area contributed by atoms with Crippen LogP contribution >= 0.6 is 11.3 Å². The normalized spacial score (nSPS) is 10.3. The van der Waals surface area contributed by atoms with Gasteiger partial charge in [-0.15, -0.1) is 11.3 Å². The molecule has 0 unspecified atom stereocenters. The first-order chi connectivity index (χ1) is 12.4. The van der Waals surface area contributed by atoms with Gasteiger partial charge in [-0.05, 0) is 32.0 Å². The third-order valence-electron chi connectivity index (χ3n) is 3.69. The predicted octanol–water partition coefficient (Wildman–Crippen LogP) is 3.09. The quantitative estimate of drug-likeness (QED) is 0.696. The van der Waals surface area contributed by atoms with Crippen LogP contribution in [0.1, 0.15) is 33.0 Å². The average Bonchev–Trinajstić information content (AvgIpc) is 2.96. The van der Waals surface area contributed by atoms with Gasteiger partial charge in [0.2, 0.25) is 5.91 Å². The van der Waals surface area contributed by atoms with E-state index in [0.717, 1.165) is 9.75 Å². The Morgan fingerprint density at radius 1 is 1.08 bits per heavy atom. The van der Waals surface area contributed by atoms with E-state index in [2.05, 4.69) is 10.6 Å². The fraction of sp³-hybridized carbons (Fsp3) is 0.316. The highest BCUT2D eigenvalue weighted by atomic mass is 32.1. The van der Waals surface area contributed by atoms with E-state index < -0.39 is 0 Å². The summed E-state index contributed by atoms with van der Waals surface area (Å²) in [5.74, 6) is -0.0279. The van der Waals surface area contributed by atoms with E-state index in [1.54, 1.807) is 35.6 Å². The summed E-state index contributed by atoms with van der Waals surface area (Å²) in [6, 6.07) is 8.64. The largest absolute Gasteiger partial charge is 0.484 e. The number of anilines is 1. The molecule has 2 amide bonds. The Kier molecular flexibility index (Phi) is 6.91. The highest BCUT2D eigenvalue weighted by Crippen LogP contribution is 2.22. The van der Waals surface area contributed by atoms with E-state index in [9.17, 15) is 14.4 Å². The zero-order valence-corrected chi connectivity index (χ0v) is 15.9. The van der Waals surface area contributed by atoms with Gasteiger partial charge in [0.1, 0.15) is 5.75 Å². The van der Waals surface area contributed by atoms with Gasteiger partial charge in [-0.1, -0.05) is 6.07 Å². The number of rotatable bonds is 8. The second kappa shape index (κ2) is 9.15. The first kappa shape index (κ1) is 19.7. The van der Waals surface area contributed by atoms with E-state index >= 15 is 0 Å². The van der Waals surface area contributed by atoms with Crippen molar-refractivity contribution in [3.8, 4) is 5.75 Å². The van der Waals surface area contributed by atoms with Crippen molar-refractivity contribution >= 4 is 34.6 Å². The number of carbonyl (C=O) groups excluding carboxylic acids is 3. The number of benzene rings is 1. The fourth-order valence-electron chi connectivity index (χ4n) is 2.38. The number of aryl methyl sites for hydroxylation is 2. The molecule has 0 radical (unpaired) electrons. The Morgan fingerprint density at radius 2 is 1.85 bits per heavy atom. The van der Waals surface area contributed by atoms with Crippen LogP contribution in [0, 0.1) is 13.8 Å². The van der Waals surface area contributed by atoms with Gasteiger partial charge >= 0.3 is 0 Å². The van der Waals surface area contributed by atoms with Crippen molar-refractivity contribution < 1.29 is 19.1 Å².